The molecule has 4 aromatic rings. The first-order chi connectivity index (χ1) is 12.1. The summed E-state index contributed by atoms with van der Waals surface area (Å²) in [6, 6.07) is 17.4. The molecule has 0 unspecified atom stereocenters. The van der Waals surface area contributed by atoms with Crippen LogP contribution in [0.25, 0.3) is 21.3 Å². The van der Waals surface area contributed by atoms with Crippen LogP contribution in [-0.4, -0.2) is 9.55 Å². The molecular weight excluding hydrogens is 372 g/mol. The predicted molar refractivity (Wildman–Crippen MR) is 107 cm³/mol. The lowest BCUT2D eigenvalue weighted by Crippen LogP contribution is -2.22. The van der Waals surface area contributed by atoms with Crippen molar-refractivity contribution in [3.05, 3.63) is 85.7 Å². The molecule has 0 aliphatic rings. The fourth-order valence-corrected chi connectivity index (χ4v) is 4.34. The zero-order valence-electron chi connectivity index (χ0n) is 13.0. The summed E-state index contributed by atoms with van der Waals surface area (Å²) in [6.07, 6.45) is 0. The van der Waals surface area contributed by atoms with Crippen LogP contribution in [0.5, 0.6) is 0 Å². The van der Waals surface area contributed by atoms with Gasteiger partial charge < -0.3 is 4.98 Å². The number of aromatic nitrogens is 2. The Morgan fingerprint density at radius 1 is 1.04 bits per heavy atom. The van der Waals surface area contributed by atoms with Gasteiger partial charge in [0.25, 0.3) is 5.56 Å². The lowest BCUT2D eigenvalue weighted by molar-refractivity contribution is 0.735. The number of benzene rings is 2. The Morgan fingerprint density at radius 2 is 1.76 bits per heavy atom. The second kappa shape index (κ2) is 6.59. The minimum atomic E-state index is -0.0984. The molecule has 124 valence electrons. The van der Waals surface area contributed by atoms with Gasteiger partial charge in [-0.05, 0) is 23.8 Å². The number of thiophene rings is 1. The molecule has 0 amide bonds. The van der Waals surface area contributed by atoms with Crippen LogP contribution in [0.15, 0.2) is 64.8 Å². The van der Waals surface area contributed by atoms with Crippen LogP contribution in [0.4, 0.5) is 0 Å². The van der Waals surface area contributed by atoms with Gasteiger partial charge in [0.1, 0.15) is 4.83 Å². The largest absolute Gasteiger partial charge is 0.323 e. The molecule has 0 bridgehead atoms. The zero-order valence-corrected chi connectivity index (χ0v) is 15.4. The highest BCUT2D eigenvalue weighted by Gasteiger charge is 2.15. The lowest BCUT2D eigenvalue weighted by Gasteiger charge is -2.08. The third kappa shape index (κ3) is 2.95. The fraction of sp³-hybridized carbons (Fsp3) is 0.0526. The van der Waals surface area contributed by atoms with E-state index in [0.717, 1.165) is 21.5 Å². The summed E-state index contributed by atoms with van der Waals surface area (Å²) in [4.78, 5) is 17.1. The van der Waals surface area contributed by atoms with E-state index in [1.165, 1.54) is 11.3 Å². The molecule has 25 heavy (non-hydrogen) atoms. The maximum Gasteiger partial charge on any atom is 0.263 e. The van der Waals surface area contributed by atoms with E-state index in [0.29, 0.717) is 21.7 Å². The predicted octanol–water partition coefficient (Wildman–Crippen LogP) is 5.49. The van der Waals surface area contributed by atoms with Gasteiger partial charge in [0.2, 0.25) is 0 Å². The molecule has 0 saturated heterocycles. The van der Waals surface area contributed by atoms with Crippen molar-refractivity contribution in [1.82, 2.24) is 9.55 Å². The van der Waals surface area contributed by atoms with Gasteiger partial charge in [-0.2, -0.15) is 0 Å². The number of H-pyrrole nitrogens is 1. The van der Waals surface area contributed by atoms with Crippen LogP contribution in [0.3, 0.4) is 0 Å². The van der Waals surface area contributed by atoms with Crippen molar-refractivity contribution in [3.8, 4) is 11.1 Å². The number of nitrogens with one attached hydrogen (secondary N) is 1. The van der Waals surface area contributed by atoms with Crippen LogP contribution in [-0.2, 0) is 6.54 Å². The molecule has 3 nitrogen and oxygen atoms in total. The molecule has 2 aromatic carbocycles. The second-order valence-electron chi connectivity index (χ2n) is 5.64. The maximum atomic E-state index is 13.2. The molecule has 0 atom stereocenters. The Balaban J connectivity index is 1.95. The molecule has 0 aliphatic heterocycles. The van der Waals surface area contributed by atoms with Crippen LogP contribution < -0.4 is 5.56 Å². The van der Waals surface area contributed by atoms with Gasteiger partial charge >= 0.3 is 0 Å². The number of hydrogen-bond acceptors (Lipinski definition) is 3. The van der Waals surface area contributed by atoms with Crippen LogP contribution in [0, 0.1) is 4.77 Å². The topological polar surface area (TPSA) is 37.8 Å². The lowest BCUT2D eigenvalue weighted by atomic mass is 10.1. The highest BCUT2D eigenvalue weighted by atomic mass is 35.5. The van der Waals surface area contributed by atoms with Gasteiger partial charge in [-0.3, -0.25) is 9.36 Å². The SMILES string of the molecule is O=c1c2c(-c3ccccc3Cl)csc2[nH]c(=S)n1Cc1ccccc1. The highest BCUT2D eigenvalue weighted by Crippen LogP contribution is 2.34. The van der Waals surface area contributed by atoms with E-state index in [-0.39, 0.29) is 5.56 Å². The van der Waals surface area contributed by atoms with E-state index in [4.69, 9.17) is 23.8 Å². The molecular formula is C19H13ClN2OS2. The smallest absolute Gasteiger partial charge is 0.263 e. The monoisotopic (exact) mass is 384 g/mol. The molecule has 0 saturated carbocycles. The summed E-state index contributed by atoms with van der Waals surface area (Å²) in [6.45, 7) is 0.433. The van der Waals surface area contributed by atoms with Crippen molar-refractivity contribution in [1.29, 1.82) is 0 Å². The Kier molecular flexibility index (Phi) is 4.29. The van der Waals surface area contributed by atoms with Gasteiger partial charge in [0, 0.05) is 21.5 Å². The Hall–Kier alpha value is -2.21. The van der Waals surface area contributed by atoms with Gasteiger partial charge in [-0.15, -0.1) is 11.3 Å². The number of fused-ring (bicyclic) bond motifs is 1. The molecule has 2 heterocycles. The average molecular weight is 385 g/mol. The van der Waals surface area contributed by atoms with E-state index in [2.05, 4.69) is 4.98 Å². The first kappa shape index (κ1) is 16.3. The minimum Gasteiger partial charge on any atom is -0.323 e. The summed E-state index contributed by atoms with van der Waals surface area (Å²) in [5, 5.41) is 3.20. The van der Waals surface area contributed by atoms with Crippen LogP contribution in [0.1, 0.15) is 5.56 Å². The third-order valence-electron chi connectivity index (χ3n) is 4.06. The third-order valence-corrected chi connectivity index (χ3v) is 5.61. The van der Waals surface area contributed by atoms with Gasteiger partial charge in [0.05, 0.1) is 11.9 Å². The molecule has 4 rings (SSSR count). The fourth-order valence-electron chi connectivity index (χ4n) is 2.84. The van der Waals surface area contributed by atoms with Crippen molar-refractivity contribution in [2.75, 3.05) is 0 Å². The Morgan fingerprint density at radius 3 is 2.52 bits per heavy atom. The van der Waals surface area contributed by atoms with Crippen molar-refractivity contribution >= 4 is 45.4 Å². The molecule has 0 spiro atoms. The summed E-state index contributed by atoms with van der Waals surface area (Å²) < 4.78 is 2.02. The van der Waals surface area contributed by atoms with Gasteiger partial charge in [-0.1, -0.05) is 60.1 Å². The van der Waals surface area contributed by atoms with Crippen molar-refractivity contribution in [2.24, 2.45) is 0 Å². The van der Waals surface area contributed by atoms with E-state index >= 15 is 0 Å². The number of rotatable bonds is 3. The molecule has 1 N–H and O–H groups in total. The molecule has 0 aliphatic carbocycles. The standard InChI is InChI=1S/C19H13ClN2OS2/c20-15-9-5-4-8-13(15)14-11-25-17-16(14)18(23)22(19(24)21-17)10-12-6-2-1-3-7-12/h1-9,11H,10H2,(H,21,24). The van der Waals surface area contributed by atoms with E-state index in [9.17, 15) is 4.79 Å². The van der Waals surface area contributed by atoms with Crippen molar-refractivity contribution in [2.45, 2.75) is 6.54 Å². The van der Waals surface area contributed by atoms with Crippen molar-refractivity contribution < 1.29 is 0 Å². The number of nitrogens with zero attached hydrogens (tertiary/aromatic N) is 1. The minimum absolute atomic E-state index is 0.0984. The summed E-state index contributed by atoms with van der Waals surface area (Å²) >= 11 is 13.2. The molecule has 2 aromatic heterocycles. The first-order valence-corrected chi connectivity index (χ1v) is 9.35. The summed E-state index contributed by atoms with van der Waals surface area (Å²) in [5.41, 5.74) is 2.62. The van der Waals surface area contributed by atoms with E-state index < -0.39 is 0 Å². The van der Waals surface area contributed by atoms with Crippen LogP contribution in [0.2, 0.25) is 5.02 Å². The zero-order chi connectivity index (χ0) is 17.4. The van der Waals surface area contributed by atoms with E-state index in [1.54, 1.807) is 4.57 Å². The van der Waals surface area contributed by atoms with Gasteiger partial charge in [-0.25, -0.2) is 0 Å². The summed E-state index contributed by atoms with van der Waals surface area (Å²) in [7, 11) is 0. The quantitative estimate of drug-likeness (QED) is 0.474. The summed E-state index contributed by atoms with van der Waals surface area (Å²) in [5.74, 6) is 0. The second-order valence-corrected chi connectivity index (χ2v) is 7.31. The number of halogens is 1. The van der Waals surface area contributed by atoms with Gasteiger partial charge in [0.15, 0.2) is 4.77 Å². The average Bonchev–Trinajstić information content (AvgIpc) is 3.03. The maximum absolute atomic E-state index is 13.2. The normalized spacial score (nSPS) is 11.1. The van der Waals surface area contributed by atoms with Crippen LogP contribution >= 0.6 is 35.2 Å². The first-order valence-electron chi connectivity index (χ1n) is 7.68. The van der Waals surface area contributed by atoms with E-state index in [1.807, 2.05) is 60.0 Å². The number of hydrogen-bond donors (Lipinski definition) is 1. The molecule has 0 fully saturated rings. The molecule has 6 heteroatoms. The highest BCUT2D eigenvalue weighted by molar-refractivity contribution is 7.71. The Bertz CT molecular complexity index is 1180. The molecule has 0 radical (unpaired) electrons. The Labute approximate surface area is 158 Å². The van der Waals surface area contributed by atoms with Crippen molar-refractivity contribution in [3.63, 3.8) is 0 Å². The number of aromatic amines is 1.